The van der Waals surface area contributed by atoms with Gasteiger partial charge in [0.25, 0.3) is 5.56 Å². The summed E-state index contributed by atoms with van der Waals surface area (Å²) in [5.74, 6) is 0.176. The molecule has 4 nitrogen and oxygen atoms in total. The van der Waals surface area contributed by atoms with Crippen LogP contribution in [0.1, 0.15) is 29.0 Å². The van der Waals surface area contributed by atoms with Crippen molar-refractivity contribution < 1.29 is 9.18 Å². The van der Waals surface area contributed by atoms with E-state index in [1.54, 1.807) is 6.92 Å². The number of rotatable bonds is 5. The summed E-state index contributed by atoms with van der Waals surface area (Å²) < 4.78 is 14.7. The smallest absolute Gasteiger partial charge is 0.267 e. The maximum Gasteiger partial charge on any atom is 0.267 e. The first-order valence-electron chi connectivity index (χ1n) is 6.50. The van der Waals surface area contributed by atoms with Crippen LogP contribution in [0.4, 0.5) is 4.39 Å². The van der Waals surface area contributed by atoms with Crippen LogP contribution in [0.25, 0.3) is 0 Å². The lowest BCUT2D eigenvalue weighted by molar-refractivity contribution is 0.0978. The highest BCUT2D eigenvalue weighted by Crippen LogP contribution is 2.09. The Balaban J connectivity index is 1.99. The summed E-state index contributed by atoms with van der Waals surface area (Å²) in [6, 6.07) is 5.46. The Hall–Kier alpha value is -1.82. The molecular formula is C15H14BrFN2O2. The van der Waals surface area contributed by atoms with Crippen LogP contribution in [0.2, 0.25) is 0 Å². The van der Waals surface area contributed by atoms with E-state index in [0.29, 0.717) is 35.2 Å². The number of benzene rings is 1. The van der Waals surface area contributed by atoms with Crippen LogP contribution in [-0.2, 0) is 6.54 Å². The van der Waals surface area contributed by atoms with Gasteiger partial charge >= 0.3 is 0 Å². The molecule has 0 N–H and O–H groups in total. The molecule has 0 aliphatic carbocycles. The fourth-order valence-electron chi connectivity index (χ4n) is 1.99. The number of ketones is 1. The number of halogens is 2. The molecule has 0 bridgehead atoms. The van der Waals surface area contributed by atoms with Gasteiger partial charge in [-0.2, -0.15) is 0 Å². The molecule has 0 fully saturated rings. The first kappa shape index (κ1) is 15.6. The highest BCUT2D eigenvalue weighted by molar-refractivity contribution is 9.10. The molecule has 6 heteroatoms. The molecule has 0 aliphatic rings. The average Bonchev–Trinajstić information content (AvgIpc) is 2.47. The lowest BCUT2D eigenvalue weighted by atomic mass is 10.1. The van der Waals surface area contributed by atoms with Gasteiger partial charge in [0.1, 0.15) is 16.1 Å². The third-order valence-corrected chi connectivity index (χ3v) is 3.70. The van der Waals surface area contributed by atoms with E-state index in [0.717, 1.165) is 0 Å². The topological polar surface area (TPSA) is 52.0 Å². The number of hydrogen-bond donors (Lipinski definition) is 0. The molecule has 0 saturated carbocycles. The van der Waals surface area contributed by atoms with E-state index in [2.05, 4.69) is 20.9 Å². The van der Waals surface area contributed by atoms with Crippen LogP contribution in [0, 0.1) is 12.7 Å². The van der Waals surface area contributed by atoms with Gasteiger partial charge in [0.2, 0.25) is 0 Å². The molecule has 0 unspecified atom stereocenters. The zero-order valence-electron chi connectivity index (χ0n) is 11.5. The minimum atomic E-state index is -0.367. The summed E-state index contributed by atoms with van der Waals surface area (Å²) in [4.78, 5) is 28.0. The molecule has 110 valence electrons. The van der Waals surface area contributed by atoms with Crippen LogP contribution >= 0.6 is 15.9 Å². The van der Waals surface area contributed by atoms with Crippen molar-refractivity contribution in [2.45, 2.75) is 26.3 Å². The van der Waals surface area contributed by atoms with E-state index in [-0.39, 0.29) is 17.2 Å². The highest BCUT2D eigenvalue weighted by atomic mass is 79.9. The minimum absolute atomic E-state index is 0.0661. The first-order chi connectivity index (χ1) is 9.99. The molecule has 0 saturated heterocycles. The van der Waals surface area contributed by atoms with E-state index in [1.807, 2.05) is 0 Å². The minimum Gasteiger partial charge on any atom is -0.296 e. The molecule has 0 amide bonds. The predicted octanol–water partition coefficient (Wildman–Crippen LogP) is 3.12. The van der Waals surface area contributed by atoms with Crippen molar-refractivity contribution in [2.24, 2.45) is 0 Å². The Labute approximate surface area is 129 Å². The second-order valence-electron chi connectivity index (χ2n) is 4.64. The van der Waals surface area contributed by atoms with Gasteiger partial charge in [-0.15, -0.1) is 0 Å². The fraction of sp³-hybridized carbons (Fsp3) is 0.267. The number of carbonyl (C=O) groups excluding carboxylic acids is 1. The maximum absolute atomic E-state index is 12.8. The SMILES string of the molecule is Cc1ncc(Br)c(=O)n1CCCC(=O)c1ccc(F)cc1. The third-order valence-electron chi connectivity index (χ3n) is 3.16. The molecule has 2 rings (SSSR count). The predicted molar refractivity (Wildman–Crippen MR) is 80.9 cm³/mol. The van der Waals surface area contributed by atoms with E-state index in [1.165, 1.54) is 35.0 Å². The van der Waals surface area contributed by atoms with Crippen LogP contribution in [0.5, 0.6) is 0 Å². The lowest BCUT2D eigenvalue weighted by Crippen LogP contribution is -2.24. The number of hydrogen-bond acceptors (Lipinski definition) is 3. The Morgan fingerprint density at radius 3 is 2.67 bits per heavy atom. The summed E-state index contributed by atoms with van der Waals surface area (Å²) in [7, 11) is 0. The van der Waals surface area contributed by atoms with Crippen LogP contribution in [-0.4, -0.2) is 15.3 Å². The Bertz CT molecular complexity index is 711. The van der Waals surface area contributed by atoms with Crippen LogP contribution < -0.4 is 5.56 Å². The Kier molecular flexibility index (Phi) is 5.01. The molecule has 2 aromatic rings. The highest BCUT2D eigenvalue weighted by Gasteiger charge is 2.08. The number of aromatic nitrogens is 2. The van der Waals surface area contributed by atoms with Gasteiger partial charge in [-0.1, -0.05) is 0 Å². The molecule has 1 aromatic heterocycles. The van der Waals surface area contributed by atoms with Crippen molar-refractivity contribution >= 4 is 21.7 Å². The molecule has 1 aromatic carbocycles. The molecule has 0 atom stereocenters. The summed E-state index contributed by atoms with van der Waals surface area (Å²) in [6.45, 7) is 2.17. The van der Waals surface area contributed by atoms with E-state index in [9.17, 15) is 14.0 Å². The number of aryl methyl sites for hydroxylation is 1. The largest absolute Gasteiger partial charge is 0.296 e. The number of carbonyl (C=O) groups is 1. The van der Waals surface area contributed by atoms with Crippen molar-refractivity contribution in [2.75, 3.05) is 0 Å². The zero-order chi connectivity index (χ0) is 15.4. The second-order valence-corrected chi connectivity index (χ2v) is 5.50. The van der Waals surface area contributed by atoms with E-state index >= 15 is 0 Å². The zero-order valence-corrected chi connectivity index (χ0v) is 13.1. The molecule has 1 heterocycles. The summed E-state index contributed by atoms with van der Waals surface area (Å²) >= 11 is 3.15. The van der Waals surface area contributed by atoms with Crippen LogP contribution in [0.15, 0.2) is 39.7 Å². The van der Waals surface area contributed by atoms with Gasteiger partial charge in [-0.25, -0.2) is 9.37 Å². The summed E-state index contributed by atoms with van der Waals surface area (Å²) in [5, 5.41) is 0. The van der Waals surface area contributed by atoms with Gasteiger partial charge in [0, 0.05) is 24.7 Å². The standard InChI is InChI=1S/C15H14BrFN2O2/c1-10-18-9-13(16)15(21)19(10)8-2-3-14(20)11-4-6-12(17)7-5-11/h4-7,9H,2-3,8H2,1H3. The van der Waals surface area contributed by atoms with Crippen LogP contribution in [0.3, 0.4) is 0 Å². The van der Waals surface area contributed by atoms with Gasteiger partial charge in [-0.3, -0.25) is 14.2 Å². The second kappa shape index (κ2) is 6.76. The van der Waals surface area contributed by atoms with Gasteiger partial charge < -0.3 is 0 Å². The summed E-state index contributed by atoms with van der Waals surface area (Å²) in [5.41, 5.74) is 0.324. The van der Waals surface area contributed by atoms with E-state index < -0.39 is 0 Å². The van der Waals surface area contributed by atoms with E-state index in [4.69, 9.17) is 0 Å². The normalized spacial score (nSPS) is 10.6. The van der Waals surface area contributed by atoms with Gasteiger partial charge in [0.05, 0.1) is 0 Å². The van der Waals surface area contributed by atoms with Gasteiger partial charge in [0.15, 0.2) is 5.78 Å². The fourth-order valence-corrected chi connectivity index (χ4v) is 2.31. The van der Waals surface area contributed by atoms with Crippen molar-refractivity contribution in [3.05, 3.63) is 62.5 Å². The number of nitrogens with zero attached hydrogens (tertiary/aromatic N) is 2. The Morgan fingerprint density at radius 1 is 1.33 bits per heavy atom. The quantitative estimate of drug-likeness (QED) is 0.776. The molecule has 0 aliphatic heterocycles. The molecule has 0 spiro atoms. The van der Waals surface area contributed by atoms with Crippen molar-refractivity contribution in [1.82, 2.24) is 9.55 Å². The third kappa shape index (κ3) is 3.85. The molecule has 0 radical (unpaired) electrons. The molecule has 21 heavy (non-hydrogen) atoms. The molecular weight excluding hydrogens is 339 g/mol. The summed E-state index contributed by atoms with van der Waals surface area (Å²) in [6.07, 6.45) is 2.29. The van der Waals surface area contributed by atoms with Crippen molar-refractivity contribution in [3.63, 3.8) is 0 Å². The van der Waals surface area contributed by atoms with Crippen molar-refractivity contribution in [1.29, 1.82) is 0 Å². The maximum atomic E-state index is 12.8. The van der Waals surface area contributed by atoms with Gasteiger partial charge in [-0.05, 0) is 53.5 Å². The monoisotopic (exact) mass is 352 g/mol. The number of Topliss-reactive ketones (excluding diaryl/α,β-unsaturated/α-hetero) is 1. The average molecular weight is 353 g/mol. The first-order valence-corrected chi connectivity index (χ1v) is 7.29. The van der Waals surface area contributed by atoms with Crippen molar-refractivity contribution in [3.8, 4) is 0 Å². The Morgan fingerprint density at radius 2 is 2.00 bits per heavy atom. The lowest BCUT2D eigenvalue weighted by Gasteiger charge is -2.09.